The van der Waals surface area contributed by atoms with Crippen LogP contribution in [0.15, 0.2) is 42.5 Å². The summed E-state index contributed by atoms with van der Waals surface area (Å²) < 4.78 is 0. The molecule has 0 spiro atoms. The monoisotopic (exact) mass is 293 g/mol. The van der Waals surface area contributed by atoms with Crippen LogP contribution in [0.5, 0.6) is 0 Å². The van der Waals surface area contributed by atoms with Gasteiger partial charge in [0.2, 0.25) is 0 Å². The quantitative estimate of drug-likeness (QED) is 0.744. The summed E-state index contributed by atoms with van der Waals surface area (Å²) in [5.41, 5.74) is 3.39. The number of halogens is 2. The van der Waals surface area contributed by atoms with Crippen LogP contribution in [-0.4, -0.2) is 0 Å². The largest absolute Gasteiger partial charge is 0.377 e. The maximum absolute atomic E-state index is 6.21. The lowest BCUT2D eigenvalue weighted by Crippen LogP contribution is -2.10. The van der Waals surface area contributed by atoms with Crippen molar-refractivity contribution in [2.24, 2.45) is 0 Å². The van der Waals surface area contributed by atoms with Crippen LogP contribution in [0.25, 0.3) is 0 Å². The minimum absolute atomic E-state index is 0.233. The Morgan fingerprint density at radius 2 is 1.74 bits per heavy atom. The molecule has 1 nitrogen and oxygen atoms in total. The highest BCUT2D eigenvalue weighted by Crippen LogP contribution is 2.32. The molecule has 1 atom stereocenters. The summed E-state index contributed by atoms with van der Waals surface area (Å²) in [5.74, 6) is 0. The normalized spacial score (nSPS) is 12.2. The molecule has 0 saturated heterocycles. The minimum atomic E-state index is 0.233. The van der Waals surface area contributed by atoms with Gasteiger partial charge >= 0.3 is 0 Å². The molecule has 2 aromatic rings. The highest BCUT2D eigenvalue weighted by atomic mass is 35.5. The fraction of sp³-hybridized carbons (Fsp3) is 0.250. The summed E-state index contributed by atoms with van der Waals surface area (Å²) in [7, 11) is 0. The van der Waals surface area contributed by atoms with E-state index in [4.69, 9.17) is 23.2 Å². The second kappa shape index (κ2) is 6.31. The van der Waals surface area contributed by atoms with Gasteiger partial charge in [-0.05, 0) is 31.0 Å². The van der Waals surface area contributed by atoms with Crippen molar-refractivity contribution in [3.8, 4) is 0 Å². The molecule has 2 rings (SSSR count). The van der Waals surface area contributed by atoms with Crippen molar-refractivity contribution in [3.05, 3.63) is 63.6 Å². The van der Waals surface area contributed by atoms with E-state index >= 15 is 0 Å². The first-order valence-electron chi connectivity index (χ1n) is 6.39. The molecule has 0 aliphatic rings. The Balaban J connectivity index is 2.24. The van der Waals surface area contributed by atoms with Gasteiger partial charge in [0.05, 0.1) is 21.8 Å². The number of rotatable bonds is 4. The molecule has 1 N–H and O–H groups in total. The highest BCUT2D eigenvalue weighted by molar-refractivity contribution is 6.43. The van der Waals surface area contributed by atoms with E-state index in [0.717, 1.165) is 12.1 Å². The number of anilines is 1. The van der Waals surface area contributed by atoms with Gasteiger partial charge in [-0.25, -0.2) is 0 Å². The first-order chi connectivity index (χ1) is 9.11. The van der Waals surface area contributed by atoms with Gasteiger partial charge in [-0.1, -0.05) is 66.0 Å². The molecular weight excluding hydrogens is 277 g/mol. The highest BCUT2D eigenvalue weighted by Gasteiger charge is 2.11. The van der Waals surface area contributed by atoms with Crippen molar-refractivity contribution in [2.45, 2.75) is 26.3 Å². The Hall–Kier alpha value is -1.18. The Morgan fingerprint density at radius 3 is 2.37 bits per heavy atom. The van der Waals surface area contributed by atoms with Crippen LogP contribution < -0.4 is 5.32 Å². The molecule has 0 amide bonds. The van der Waals surface area contributed by atoms with Gasteiger partial charge in [0.1, 0.15) is 0 Å². The van der Waals surface area contributed by atoms with Crippen LogP contribution in [-0.2, 0) is 0 Å². The van der Waals surface area contributed by atoms with E-state index in [-0.39, 0.29) is 6.04 Å². The van der Waals surface area contributed by atoms with E-state index in [1.54, 1.807) is 6.07 Å². The van der Waals surface area contributed by atoms with E-state index in [1.807, 2.05) is 12.1 Å². The zero-order valence-corrected chi connectivity index (χ0v) is 12.6. The van der Waals surface area contributed by atoms with Crippen LogP contribution >= 0.6 is 23.2 Å². The van der Waals surface area contributed by atoms with Crippen molar-refractivity contribution in [1.29, 1.82) is 0 Å². The minimum Gasteiger partial charge on any atom is -0.377 e. The second-order valence-electron chi connectivity index (χ2n) is 4.62. The Labute approximate surface area is 124 Å². The topological polar surface area (TPSA) is 12.0 Å². The Kier molecular flexibility index (Phi) is 4.73. The Morgan fingerprint density at radius 1 is 1.05 bits per heavy atom. The predicted molar refractivity (Wildman–Crippen MR) is 84.3 cm³/mol. The molecule has 0 saturated carbocycles. The van der Waals surface area contributed by atoms with Gasteiger partial charge < -0.3 is 5.32 Å². The van der Waals surface area contributed by atoms with Crippen molar-refractivity contribution in [1.82, 2.24) is 0 Å². The van der Waals surface area contributed by atoms with Gasteiger partial charge in [0.25, 0.3) is 0 Å². The van der Waals surface area contributed by atoms with E-state index in [2.05, 4.69) is 43.4 Å². The van der Waals surface area contributed by atoms with Crippen LogP contribution in [0.2, 0.25) is 10.0 Å². The van der Waals surface area contributed by atoms with E-state index < -0.39 is 0 Å². The number of nitrogens with one attached hydrogen (secondary N) is 1. The lowest BCUT2D eigenvalue weighted by atomic mass is 10.0. The van der Waals surface area contributed by atoms with E-state index in [1.165, 1.54) is 11.1 Å². The smallest absolute Gasteiger partial charge is 0.0823 e. The van der Waals surface area contributed by atoms with Gasteiger partial charge in [-0.2, -0.15) is 0 Å². The number of benzene rings is 2. The van der Waals surface area contributed by atoms with Gasteiger partial charge in [-0.3, -0.25) is 0 Å². The zero-order chi connectivity index (χ0) is 13.8. The molecular formula is C16H17Cl2N. The number of aryl methyl sites for hydroxylation is 1. The standard InChI is InChI=1S/C16H17Cl2N/c1-3-14(12-9-7-11(2)8-10-12)19-15-6-4-5-13(17)16(15)18/h4-10,14,19H,3H2,1-2H3. The summed E-state index contributed by atoms with van der Waals surface area (Å²) in [4.78, 5) is 0. The molecule has 0 aliphatic heterocycles. The lowest BCUT2D eigenvalue weighted by Gasteiger charge is -2.20. The molecule has 19 heavy (non-hydrogen) atoms. The SMILES string of the molecule is CCC(Nc1cccc(Cl)c1Cl)c1ccc(C)cc1. The van der Waals surface area contributed by atoms with Crippen LogP contribution in [0.4, 0.5) is 5.69 Å². The van der Waals surface area contributed by atoms with Crippen LogP contribution in [0.3, 0.4) is 0 Å². The second-order valence-corrected chi connectivity index (χ2v) is 5.40. The van der Waals surface area contributed by atoms with E-state index in [9.17, 15) is 0 Å². The predicted octanol–water partition coefficient (Wildman–Crippen LogP) is 5.87. The summed E-state index contributed by atoms with van der Waals surface area (Å²) in [6.07, 6.45) is 0.978. The summed E-state index contributed by atoms with van der Waals surface area (Å²) >= 11 is 12.2. The first-order valence-corrected chi connectivity index (χ1v) is 7.14. The van der Waals surface area contributed by atoms with Gasteiger partial charge in [0.15, 0.2) is 0 Å². The molecule has 100 valence electrons. The average Bonchev–Trinajstić information content (AvgIpc) is 2.42. The fourth-order valence-corrected chi connectivity index (χ4v) is 2.38. The summed E-state index contributed by atoms with van der Waals surface area (Å²) in [5, 5.41) is 4.61. The molecule has 2 aromatic carbocycles. The maximum atomic E-state index is 6.21. The molecule has 0 bridgehead atoms. The molecule has 0 aromatic heterocycles. The first kappa shape index (κ1) is 14.2. The van der Waals surface area contributed by atoms with Crippen LogP contribution in [0.1, 0.15) is 30.5 Å². The molecule has 0 heterocycles. The Bertz CT molecular complexity index is 549. The van der Waals surface area contributed by atoms with Crippen molar-refractivity contribution in [2.75, 3.05) is 5.32 Å². The average molecular weight is 294 g/mol. The summed E-state index contributed by atoms with van der Waals surface area (Å²) in [6.45, 7) is 4.24. The molecule has 1 unspecified atom stereocenters. The molecule has 3 heteroatoms. The number of hydrogen-bond acceptors (Lipinski definition) is 1. The summed E-state index contributed by atoms with van der Waals surface area (Å²) in [6, 6.07) is 14.4. The van der Waals surface area contributed by atoms with Gasteiger partial charge in [0, 0.05) is 0 Å². The lowest BCUT2D eigenvalue weighted by molar-refractivity contribution is 0.749. The van der Waals surface area contributed by atoms with E-state index in [0.29, 0.717) is 10.0 Å². The van der Waals surface area contributed by atoms with Crippen molar-refractivity contribution < 1.29 is 0 Å². The van der Waals surface area contributed by atoms with Gasteiger partial charge in [-0.15, -0.1) is 0 Å². The van der Waals surface area contributed by atoms with Crippen molar-refractivity contribution >= 4 is 28.9 Å². The third-order valence-electron chi connectivity index (χ3n) is 3.17. The molecule has 0 aliphatic carbocycles. The fourth-order valence-electron chi connectivity index (χ4n) is 2.02. The maximum Gasteiger partial charge on any atom is 0.0823 e. The van der Waals surface area contributed by atoms with Crippen molar-refractivity contribution in [3.63, 3.8) is 0 Å². The number of hydrogen-bond donors (Lipinski definition) is 1. The van der Waals surface area contributed by atoms with Crippen LogP contribution in [0, 0.1) is 6.92 Å². The molecule has 0 fully saturated rings. The third-order valence-corrected chi connectivity index (χ3v) is 3.99. The molecule has 0 radical (unpaired) electrons. The zero-order valence-electron chi connectivity index (χ0n) is 11.1. The third kappa shape index (κ3) is 3.43.